The molecule has 2 aromatic carbocycles. The number of nitrogens with zero attached hydrogens (tertiary/aromatic N) is 3. The van der Waals surface area contributed by atoms with Gasteiger partial charge in [-0.3, -0.25) is 4.79 Å². The molecule has 0 unspecified atom stereocenters. The van der Waals surface area contributed by atoms with Crippen LogP contribution in [0.25, 0.3) is 0 Å². The number of aryl methyl sites for hydroxylation is 1. The molecule has 1 spiro atoms. The van der Waals surface area contributed by atoms with E-state index in [1.54, 1.807) is 29.9 Å². The second-order valence-corrected chi connectivity index (χ2v) is 6.43. The quantitative estimate of drug-likeness (QED) is 0.878. The largest absolute Gasteiger partial charge is 0.382 e. The summed E-state index contributed by atoms with van der Waals surface area (Å²) >= 11 is 0. The highest BCUT2D eigenvalue weighted by Crippen LogP contribution is 2.48. The van der Waals surface area contributed by atoms with Gasteiger partial charge in [0.05, 0.1) is 11.4 Å². The summed E-state index contributed by atoms with van der Waals surface area (Å²) in [6, 6.07) is 15.4. The number of anilines is 1. The minimum Gasteiger partial charge on any atom is -0.382 e. The highest BCUT2D eigenvalue weighted by atomic mass is 16.3. The number of aliphatic hydroxyl groups excluding tert-OH is 1. The lowest BCUT2D eigenvalue weighted by Crippen LogP contribution is -2.58. The molecule has 0 saturated carbocycles. The Balaban J connectivity index is 2.00. The van der Waals surface area contributed by atoms with Crippen LogP contribution in [-0.4, -0.2) is 34.8 Å². The summed E-state index contributed by atoms with van der Waals surface area (Å²) in [4.78, 5) is 14.4. The standard InChI is InChI=1S/C19H19N3O2/c1-12-7-6-8-14(11-12)22-19(17(23)13(2)20-22)16-10-5-4-9-15(16)18(24)21(19)3/h4-11,17,23H,1-3H3/t17-,19+/m1/s1. The van der Waals surface area contributed by atoms with Crippen LogP contribution >= 0.6 is 0 Å². The lowest BCUT2D eigenvalue weighted by molar-refractivity contribution is 0.0295. The van der Waals surface area contributed by atoms with Crippen molar-refractivity contribution < 1.29 is 9.90 Å². The van der Waals surface area contributed by atoms with Gasteiger partial charge >= 0.3 is 0 Å². The van der Waals surface area contributed by atoms with Crippen molar-refractivity contribution >= 4 is 17.3 Å². The van der Waals surface area contributed by atoms with Crippen LogP contribution in [0.4, 0.5) is 5.69 Å². The minimum atomic E-state index is -1.04. The van der Waals surface area contributed by atoms with Gasteiger partial charge in [-0.25, -0.2) is 5.01 Å². The van der Waals surface area contributed by atoms with Crippen molar-refractivity contribution in [2.45, 2.75) is 25.6 Å². The number of amides is 1. The number of rotatable bonds is 1. The van der Waals surface area contributed by atoms with Crippen molar-refractivity contribution in [2.24, 2.45) is 5.10 Å². The first-order valence-corrected chi connectivity index (χ1v) is 7.95. The van der Waals surface area contributed by atoms with E-state index in [9.17, 15) is 9.90 Å². The van der Waals surface area contributed by atoms with E-state index in [-0.39, 0.29) is 5.91 Å². The Kier molecular flexibility index (Phi) is 3.05. The van der Waals surface area contributed by atoms with E-state index in [4.69, 9.17) is 0 Å². The molecule has 5 nitrogen and oxygen atoms in total. The Morgan fingerprint density at radius 1 is 1.12 bits per heavy atom. The SMILES string of the molecule is CC1=NN(c2cccc(C)c2)[C@@]2(c3ccccc3C(=O)N2C)[C@@H]1O. The van der Waals surface area contributed by atoms with E-state index in [2.05, 4.69) is 5.10 Å². The lowest BCUT2D eigenvalue weighted by atomic mass is 9.90. The third-order valence-electron chi connectivity index (χ3n) is 4.97. The van der Waals surface area contributed by atoms with Crippen LogP contribution < -0.4 is 5.01 Å². The summed E-state index contributed by atoms with van der Waals surface area (Å²) in [6.07, 6.45) is -0.893. The molecule has 0 saturated heterocycles. The highest BCUT2D eigenvalue weighted by Gasteiger charge is 2.60. The molecule has 0 radical (unpaired) electrons. The zero-order valence-corrected chi connectivity index (χ0v) is 13.9. The molecule has 2 heterocycles. The van der Waals surface area contributed by atoms with E-state index >= 15 is 0 Å². The van der Waals surface area contributed by atoms with Crippen LogP contribution in [0.1, 0.15) is 28.4 Å². The summed E-state index contributed by atoms with van der Waals surface area (Å²) in [6.45, 7) is 3.80. The number of aliphatic hydroxyl groups is 1. The first-order valence-electron chi connectivity index (χ1n) is 7.95. The van der Waals surface area contributed by atoms with Crippen molar-refractivity contribution in [1.29, 1.82) is 0 Å². The lowest BCUT2D eigenvalue weighted by Gasteiger charge is -2.42. The molecule has 0 fully saturated rings. The molecule has 1 amide bonds. The maximum absolute atomic E-state index is 12.8. The van der Waals surface area contributed by atoms with Crippen molar-refractivity contribution in [3.8, 4) is 0 Å². The molecule has 4 rings (SSSR count). The summed E-state index contributed by atoms with van der Waals surface area (Å²) in [5.74, 6) is -0.104. The van der Waals surface area contributed by atoms with Gasteiger partial charge in [0, 0.05) is 18.2 Å². The molecule has 2 atom stereocenters. The first-order chi connectivity index (χ1) is 11.5. The molecule has 2 aliphatic rings. The van der Waals surface area contributed by atoms with Crippen molar-refractivity contribution in [3.63, 3.8) is 0 Å². The maximum atomic E-state index is 12.8. The third-order valence-corrected chi connectivity index (χ3v) is 4.97. The first kappa shape index (κ1) is 14.9. The summed E-state index contributed by atoms with van der Waals surface area (Å²) < 4.78 is 0. The van der Waals surface area contributed by atoms with Gasteiger partial charge < -0.3 is 10.0 Å². The van der Waals surface area contributed by atoms with Crippen LogP contribution in [0, 0.1) is 6.92 Å². The van der Waals surface area contributed by atoms with Gasteiger partial charge in [0.1, 0.15) is 6.10 Å². The number of likely N-dealkylation sites (N-methyl/N-ethyl adjacent to an activating group) is 1. The average molecular weight is 321 g/mol. The minimum absolute atomic E-state index is 0.104. The Morgan fingerprint density at radius 3 is 2.62 bits per heavy atom. The number of hydrazone groups is 1. The molecule has 2 aliphatic heterocycles. The fourth-order valence-corrected chi connectivity index (χ4v) is 3.80. The molecule has 0 aliphatic carbocycles. The molecule has 1 N–H and O–H groups in total. The zero-order valence-electron chi connectivity index (χ0n) is 13.9. The van der Waals surface area contributed by atoms with E-state index in [1.807, 2.05) is 49.4 Å². The van der Waals surface area contributed by atoms with Gasteiger partial charge in [-0.05, 0) is 37.6 Å². The number of carbonyl (C=O) groups is 1. The molecule has 122 valence electrons. The highest BCUT2D eigenvalue weighted by molar-refractivity contribution is 6.04. The predicted molar refractivity (Wildman–Crippen MR) is 93.0 cm³/mol. The van der Waals surface area contributed by atoms with Crippen molar-refractivity contribution in [1.82, 2.24) is 4.90 Å². The average Bonchev–Trinajstić information content (AvgIpc) is 2.98. The molecule has 5 heteroatoms. The van der Waals surface area contributed by atoms with Gasteiger partial charge in [0.15, 0.2) is 5.66 Å². The summed E-state index contributed by atoms with van der Waals surface area (Å²) in [5, 5.41) is 17.4. The smallest absolute Gasteiger partial charge is 0.256 e. The zero-order chi connectivity index (χ0) is 17.1. The van der Waals surface area contributed by atoms with E-state index < -0.39 is 11.8 Å². The van der Waals surface area contributed by atoms with E-state index in [0.29, 0.717) is 11.3 Å². The van der Waals surface area contributed by atoms with E-state index in [0.717, 1.165) is 16.8 Å². The monoisotopic (exact) mass is 321 g/mol. The number of benzene rings is 2. The third kappa shape index (κ3) is 1.67. The topological polar surface area (TPSA) is 56.1 Å². The molecule has 2 aromatic rings. The molecule has 24 heavy (non-hydrogen) atoms. The fraction of sp³-hybridized carbons (Fsp3) is 0.263. The van der Waals surface area contributed by atoms with Gasteiger partial charge in [0.25, 0.3) is 5.91 Å². The fourth-order valence-electron chi connectivity index (χ4n) is 3.80. The second-order valence-electron chi connectivity index (χ2n) is 6.43. The van der Waals surface area contributed by atoms with Crippen LogP contribution in [0.2, 0.25) is 0 Å². The van der Waals surface area contributed by atoms with Crippen LogP contribution in [0.3, 0.4) is 0 Å². The van der Waals surface area contributed by atoms with Crippen molar-refractivity contribution in [2.75, 3.05) is 12.1 Å². The normalized spacial score (nSPS) is 25.4. The molecular weight excluding hydrogens is 302 g/mol. The maximum Gasteiger partial charge on any atom is 0.256 e. The Morgan fingerprint density at radius 2 is 1.88 bits per heavy atom. The van der Waals surface area contributed by atoms with Crippen LogP contribution in [-0.2, 0) is 5.66 Å². The van der Waals surface area contributed by atoms with Gasteiger partial charge in [-0.15, -0.1) is 0 Å². The second kappa shape index (κ2) is 4.92. The number of fused-ring (bicyclic) bond motifs is 2. The Labute approximate surface area is 140 Å². The van der Waals surface area contributed by atoms with Crippen LogP contribution in [0.15, 0.2) is 53.6 Å². The van der Waals surface area contributed by atoms with E-state index in [1.165, 1.54) is 0 Å². The number of hydrogen-bond donors (Lipinski definition) is 1. The van der Waals surface area contributed by atoms with Crippen molar-refractivity contribution in [3.05, 3.63) is 65.2 Å². The predicted octanol–water partition coefficient (Wildman–Crippen LogP) is 2.49. The Hall–Kier alpha value is -2.66. The number of carbonyl (C=O) groups excluding carboxylic acids is 1. The number of hydrogen-bond acceptors (Lipinski definition) is 4. The molecular formula is C19H19N3O2. The Bertz CT molecular complexity index is 876. The molecule has 0 aromatic heterocycles. The van der Waals surface area contributed by atoms with Gasteiger partial charge in [-0.2, -0.15) is 5.10 Å². The van der Waals surface area contributed by atoms with Crippen LogP contribution in [0.5, 0.6) is 0 Å². The summed E-state index contributed by atoms with van der Waals surface area (Å²) in [5.41, 5.74) is 2.90. The summed E-state index contributed by atoms with van der Waals surface area (Å²) in [7, 11) is 1.72. The van der Waals surface area contributed by atoms with Gasteiger partial charge in [-0.1, -0.05) is 30.3 Å². The van der Waals surface area contributed by atoms with Gasteiger partial charge in [0.2, 0.25) is 0 Å². The molecule has 0 bridgehead atoms.